The van der Waals surface area contributed by atoms with Crippen LogP contribution in [0.25, 0.3) is 5.57 Å². The Labute approximate surface area is 77.9 Å². The monoisotopic (exact) mass is 175 g/mol. The van der Waals surface area contributed by atoms with Crippen molar-refractivity contribution in [3.05, 3.63) is 29.9 Å². The molecule has 13 heavy (non-hydrogen) atoms. The largest absolute Gasteiger partial charge is 0.309 e. The molecule has 2 heterocycles. The highest BCUT2D eigenvalue weighted by Gasteiger charge is 2.14. The van der Waals surface area contributed by atoms with Gasteiger partial charge in [0.15, 0.2) is 5.82 Å². The number of allylic oxidation sites excluding steroid dienone is 1. The second-order valence-corrected chi connectivity index (χ2v) is 3.11. The van der Waals surface area contributed by atoms with Crippen LogP contribution in [0.4, 0.5) is 0 Å². The first-order valence-electron chi connectivity index (χ1n) is 4.61. The van der Waals surface area contributed by atoms with Gasteiger partial charge in [0.25, 0.3) is 0 Å². The van der Waals surface area contributed by atoms with Crippen molar-refractivity contribution < 1.29 is 0 Å². The van der Waals surface area contributed by atoms with Crippen LogP contribution in [-0.2, 0) is 0 Å². The van der Waals surface area contributed by atoms with Crippen molar-refractivity contribution in [3.8, 4) is 0 Å². The zero-order valence-electron chi connectivity index (χ0n) is 7.75. The second kappa shape index (κ2) is 3.66. The fourth-order valence-corrected chi connectivity index (χ4v) is 1.48. The van der Waals surface area contributed by atoms with E-state index in [9.17, 15) is 0 Å². The van der Waals surface area contributed by atoms with Gasteiger partial charge in [-0.2, -0.15) is 0 Å². The summed E-state index contributed by atoms with van der Waals surface area (Å²) < 4.78 is 0. The number of nitrogens with zero attached hydrogens (tertiary/aromatic N) is 2. The Morgan fingerprint density at radius 3 is 2.54 bits per heavy atom. The van der Waals surface area contributed by atoms with Gasteiger partial charge < -0.3 is 5.32 Å². The van der Waals surface area contributed by atoms with Gasteiger partial charge in [0.1, 0.15) is 0 Å². The van der Waals surface area contributed by atoms with Crippen LogP contribution >= 0.6 is 0 Å². The first-order chi connectivity index (χ1) is 6.42. The average Bonchev–Trinajstić information content (AvgIpc) is 2.12. The Morgan fingerprint density at radius 1 is 1.38 bits per heavy atom. The number of aromatic nitrogens is 2. The van der Waals surface area contributed by atoms with E-state index < -0.39 is 0 Å². The Morgan fingerprint density at radius 2 is 2.08 bits per heavy atom. The van der Waals surface area contributed by atoms with Gasteiger partial charge >= 0.3 is 0 Å². The molecule has 1 aliphatic heterocycles. The molecule has 0 spiro atoms. The Balaban J connectivity index is 2.32. The lowest BCUT2D eigenvalue weighted by atomic mass is 10.0. The first-order valence-corrected chi connectivity index (χ1v) is 4.61. The maximum Gasteiger partial charge on any atom is 0.154 e. The van der Waals surface area contributed by atoms with Crippen molar-refractivity contribution in [1.29, 1.82) is 0 Å². The molecule has 1 aliphatic rings. The SMILES string of the molecule is CCC(=C1CNC1)c1ncccn1. The molecule has 2 rings (SSSR count). The van der Waals surface area contributed by atoms with Gasteiger partial charge in [-0.05, 0) is 23.6 Å². The van der Waals surface area contributed by atoms with E-state index in [4.69, 9.17) is 0 Å². The third-order valence-corrected chi connectivity index (χ3v) is 2.29. The summed E-state index contributed by atoms with van der Waals surface area (Å²) in [5, 5.41) is 3.23. The van der Waals surface area contributed by atoms with Crippen molar-refractivity contribution in [1.82, 2.24) is 15.3 Å². The summed E-state index contributed by atoms with van der Waals surface area (Å²) in [5.41, 5.74) is 2.76. The topological polar surface area (TPSA) is 37.8 Å². The standard InChI is InChI=1S/C10H13N3/c1-2-9(8-6-11-7-8)10-12-4-3-5-13-10/h3-5,11H,2,6-7H2,1H3. The Hall–Kier alpha value is -1.22. The van der Waals surface area contributed by atoms with Gasteiger partial charge in [-0.1, -0.05) is 6.92 Å². The highest BCUT2D eigenvalue weighted by molar-refractivity contribution is 5.65. The van der Waals surface area contributed by atoms with Crippen LogP contribution in [0.5, 0.6) is 0 Å². The molecule has 3 heteroatoms. The zero-order chi connectivity index (χ0) is 9.10. The predicted octanol–water partition coefficient (Wildman–Crippen LogP) is 1.24. The third-order valence-electron chi connectivity index (χ3n) is 2.29. The fourth-order valence-electron chi connectivity index (χ4n) is 1.48. The molecule has 1 N–H and O–H groups in total. The van der Waals surface area contributed by atoms with E-state index in [0.717, 1.165) is 25.3 Å². The van der Waals surface area contributed by atoms with Gasteiger partial charge in [-0.15, -0.1) is 0 Å². The van der Waals surface area contributed by atoms with Gasteiger partial charge in [-0.3, -0.25) is 0 Å². The molecule has 3 nitrogen and oxygen atoms in total. The van der Waals surface area contributed by atoms with Gasteiger partial charge in [0.2, 0.25) is 0 Å². The summed E-state index contributed by atoms with van der Waals surface area (Å²) in [6.07, 6.45) is 4.61. The summed E-state index contributed by atoms with van der Waals surface area (Å²) in [6, 6.07) is 1.85. The highest BCUT2D eigenvalue weighted by Crippen LogP contribution is 2.20. The smallest absolute Gasteiger partial charge is 0.154 e. The summed E-state index contributed by atoms with van der Waals surface area (Å²) in [5.74, 6) is 0.890. The van der Waals surface area contributed by atoms with Crippen molar-refractivity contribution in [2.45, 2.75) is 13.3 Å². The molecule has 0 aliphatic carbocycles. The molecule has 0 atom stereocenters. The average molecular weight is 175 g/mol. The van der Waals surface area contributed by atoms with Gasteiger partial charge in [0.05, 0.1) is 0 Å². The molecule has 0 bridgehead atoms. The minimum atomic E-state index is 0.890. The van der Waals surface area contributed by atoms with Crippen LogP contribution in [0, 0.1) is 0 Å². The second-order valence-electron chi connectivity index (χ2n) is 3.11. The molecule has 0 radical (unpaired) electrons. The van der Waals surface area contributed by atoms with Crippen molar-refractivity contribution in [3.63, 3.8) is 0 Å². The van der Waals surface area contributed by atoms with Crippen molar-refractivity contribution in [2.24, 2.45) is 0 Å². The molecular weight excluding hydrogens is 162 g/mol. The quantitative estimate of drug-likeness (QED) is 0.735. The van der Waals surface area contributed by atoms with E-state index in [0.29, 0.717) is 0 Å². The minimum absolute atomic E-state index is 0.890. The summed E-state index contributed by atoms with van der Waals surface area (Å²) >= 11 is 0. The number of hydrogen-bond acceptors (Lipinski definition) is 3. The lowest BCUT2D eigenvalue weighted by molar-refractivity contribution is 0.667. The third kappa shape index (κ3) is 1.60. The lowest BCUT2D eigenvalue weighted by Gasteiger charge is -2.22. The number of nitrogens with one attached hydrogen (secondary N) is 1. The molecule has 68 valence electrons. The Kier molecular flexibility index (Phi) is 2.36. The lowest BCUT2D eigenvalue weighted by Crippen LogP contribution is -2.34. The number of hydrogen-bond donors (Lipinski definition) is 1. The van der Waals surface area contributed by atoms with E-state index >= 15 is 0 Å². The molecule has 0 amide bonds. The molecular formula is C10H13N3. The van der Waals surface area contributed by atoms with E-state index in [1.165, 1.54) is 11.1 Å². The van der Waals surface area contributed by atoms with Crippen LogP contribution in [0.3, 0.4) is 0 Å². The fraction of sp³-hybridized carbons (Fsp3) is 0.400. The molecule has 0 saturated carbocycles. The molecule has 1 aromatic rings. The Bertz CT molecular complexity index is 310. The first kappa shape index (κ1) is 8.38. The minimum Gasteiger partial charge on any atom is -0.309 e. The maximum atomic E-state index is 4.26. The van der Waals surface area contributed by atoms with E-state index in [1.807, 2.05) is 6.07 Å². The molecule has 1 aromatic heterocycles. The summed E-state index contributed by atoms with van der Waals surface area (Å²) in [7, 11) is 0. The summed E-state index contributed by atoms with van der Waals surface area (Å²) in [4.78, 5) is 8.51. The van der Waals surface area contributed by atoms with Crippen LogP contribution in [0.2, 0.25) is 0 Å². The molecule has 0 aromatic carbocycles. The normalized spacial score (nSPS) is 15.3. The molecule has 1 saturated heterocycles. The van der Waals surface area contributed by atoms with Crippen LogP contribution in [-0.4, -0.2) is 23.1 Å². The van der Waals surface area contributed by atoms with E-state index in [1.54, 1.807) is 12.4 Å². The number of rotatable bonds is 2. The molecule has 0 unspecified atom stereocenters. The van der Waals surface area contributed by atoms with E-state index in [2.05, 4.69) is 22.2 Å². The molecule has 1 fully saturated rings. The van der Waals surface area contributed by atoms with Crippen LogP contribution in [0.15, 0.2) is 24.0 Å². The maximum absolute atomic E-state index is 4.26. The zero-order valence-corrected chi connectivity index (χ0v) is 7.75. The van der Waals surface area contributed by atoms with Crippen molar-refractivity contribution in [2.75, 3.05) is 13.1 Å². The van der Waals surface area contributed by atoms with E-state index in [-0.39, 0.29) is 0 Å². The van der Waals surface area contributed by atoms with Crippen LogP contribution < -0.4 is 5.32 Å². The highest BCUT2D eigenvalue weighted by atomic mass is 14.9. The van der Waals surface area contributed by atoms with Gasteiger partial charge in [-0.25, -0.2) is 9.97 Å². The van der Waals surface area contributed by atoms with Crippen LogP contribution in [0.1, 0.15) is 19.2 Å². The predicted molar refractivity (Wildman–Crippen MR) is 52.1 cm³/mol. The summed E-state index contributed by atoms with van der Waals surface area (Å²) in [6.45, 7) is 4.15. The van der Waals surface area contributed by atoms with Gasteiger partial charge in [0, 0.05) is 25.5 Å². The van der Waals surface area contributed by atoms with Crippen molar-refractivity contribution >= 4 is 5.57 Å².